The number of anilines is 1. The molecule has 0 bridgehead atoms. The van der Waals surface area contributed by atoms with Gasteiger partial charge >= 0.3 is 0 Å². The summed E-state index contributed by atoms with van der Waals surface area (Å²) in [5, 5.41) is 6.39. The zero-order chi connectivity index (χ0) is 27.1. The summed E-state index contributed by atoms with van der Waals surface area (Å²) in [6.07, 6.45) is 5.81. The molecule has 4 amide bonds. The van der Waals surface area contributed by atoms with E-state index < -0.39 is 11.5 Å². The first-order valence-corrected chi connectivity index (χ1v) is 14.3. The van der Waals surface area contributed by atoms with E-state index in [1.807, 2.05) is 35.2 Å². The quantitative estimate of drug-likeness (QED) is 0.408. The minimum atomic E-state index is -0.604. The fourth-order valence-corrected chi connectivity index (χ4v) is 6.99. The largest absolute Gasteiger partial charge is 0.322 e. The van der Waals surface area contributed by atoms with E-state index >= 15 is 0 Å². The average molecular weight is 549 g/mol. The van der Waals surface area contributed by atoms with Crippen LogP contribution < -0.4 is 15.5 Å². The number of nitrogens with zero attached hydrogens (tertiary/aromatic N) is 2. The maximum absolute atomic E-state index is 13.7. The van der Waals surface area contributed by atoms with Crippen LogP contribution in [0.5, 0.6) is 0 Å². The highest BCUT2D eigenvalue weighted by molar-refractivity contribution is 6.31. The predicted octanol–water partition coefficient (Wildman–Crippen LogP) is 3.48. The molecule has 4 aliphatic heterocycles. The van der Waals surface area contributed by atoms with Gasteiger partial charge in [0.25, 0.3) is 5.91 Å². The van der Waals surface area contributed by atoms with Crippen molar-refractivity contribution in [3.05, 3.63) is 63.7 Å². The number of rotatable bonds is 7. The molecule has 2 N–H and O–H groups in total. The zero-order valence-electron chi connectivity index (χ0n) is 21.9. The number of hydrogen-bond acceptors (Lipinski definition) is 5. The Bertz CT molecular complexity index is 1350. The lowest BCUT2D eigenvalue weighted by molar-refractivity contribution is -0.137. The first kappa shape index (κ1) is 26.0. The van der Waals surface area contributed by atoms with Gasteiger partial charge in [-0.05, 0) is 86.5 Å². The number of nitrogens with one attached hydrogen (secondary N) is 2. The Balaban J connectivity index is 1.08. The van der Waals surface area contributed by atoms with Gasteiger partial charge in [-0.25, -0.2) is 0 Å². The standard InChI is InChI=1S/C30H33ClN4O4/c31-20-8-9-23-25(17-20)34(29(39)30(23)12-14-32-15-13-30)16-3-1-2-5-19-6-4-7-21-22(19)18-35(28(21)38)24-10-11-26(36)33-27(24)37/h4,6-9,17,24,32H,1-3,5,10-16,18H2,(H,33,36,37). The molecule has 39 heavy (non-hydrogen) atoms. The molecule has 2 aromatic rings. The van der Waals surface area contributed by atoms with Crippen molar-refractivity contribution in [3.63, 3.8) is 0 Å². The first-order valence-electron chi connectivity index (χ1n) is 14.0. The summed E-state index contributed by atoms with van der Waals surface area (Å²) in [5.41, 5.74) is 4.40. The van der Waals surface area contributed by atoms with Crippen molar-refractivity contribution < 1.29 is 19.2 Å². The molecule has 2 aromatic carbocycles. The maximum atomic E-state index is 13.7. The van der Waals surface area contributed by atoms with Crippen molar-refractivity contribution in [1.29, 1.82) is 0 Å². The highest BCUT2D eigenvalue weighted by atomic mass is 35.5. The number of fused-ring (bicyclic) bond motifs is 3. The predicted molar refractivity (Wildman–Crippen MR) is 148 cm³/mol. The van der Waals surface area contributed by atoms with Gasteiger partial charge in [-0.15, -0.1) is 0 Å². The molecule has 1 atom stereocenters. The number of hydrogen-bond donors (Lipinski definition) is 2. The fourth-order valence-electron chi connectivity index (χ4n) is 6.82. The summed E-state index contributed by atoms with van der Waals surface area (Å²) in [5.74, 6) is -0.610. The number of aryl methyl sites for hydroxylation is 1. The summed E-state index contributed by atoms with van der Waals surface area (Å²) in [6.45, 7) is 2.74. The second kappa shape index (κ2) is 10.4. The molecule has 2 fully saturated rings. The van der Waals surface area contributed by atoms with Crippen molar-refractivity contribution in [1.82, 2.24) is 15.5 Å². The van der Waals surface area contributed by atoms with Crippen molar-refractivity contribution in [2.45, 2.75) is 69.4 Å². The van der Waals surface area contributed by atoms with Crippen LogP contribution in [0.25, 0.3) is 0 Å². The average Bonchev–Trinajstić information content (AvgIpc) is 3.37. The number of piperidine rings is 2. The van der Waals surface area contributed by atoms with E-state index in [0.29, 0.717) is 30.1 Å². The van der Waals surface area contributed by atoms with Crippen LogP contribution in [0.2, 0.25) is 5.02 Å². The SMILES string of the molecule is O=C1CCC(N2Cc3c(CCCCCN4C(=O)C5(CCNCC5)c5ccc(Cl)cc54)cccc3C2=O)C(=O)N1. The third kappa shape index (κ3) is 4.53. The normalized spacial score (nSPS) is 21.9. The van der Waals surface area contributed by atoms with Crippen LogP contribution in [0.1, 0.15) is 72.0 Å². The van der Waals surface area contributed by atoms with Crippen LogP contribution in [-0.4, -0.2) is 54.2 Å². The summed E-state index contributed by atoms with van der Waals surface area (Å²) >= 11 is 6.33. The van der Waals surface area contributed by atoms with E-state index in [9.17, 15) is 19.2 Å². The van der Waals surface area contributed by atoms with E-state index in [1.54, 1.807) is 4.90 Å². The zero-order valence-corrected chi connectivity index (χ0v) is 22.7. The van der Waals surface area contributed by atoms with Crippen LogP contribution in [0, 0.1) is 0 Å². The number of halogens is 1. The summed E-state index contributed by atoms with van der Waals surface area (Å²) < 4.78 is 0. The van der Waals surface area contributed by atoms with Gasteiger partial charge in [-0.1, -0.05) is 36.2 Å². The topological polar surface area (TPSA) is 98.8 Å². The Labute approximate surface area is 233 Å². The monoisotopic (exact) mass is 548 g/mol. The molecule has 204 valence electrons. The number of benzene rings is 2. The van der Waals surface area contributed by atoms with Gasteiger partial charge in [0.1, 0.15) is 6.04 Å². The van der Waals surface area contributed by atoms with E-state index in [1.165, 1.54) is 0 Å². The van der Waals surface area contributed by atoms with E-state index in [4.69, 9.17) is 11.6 Å². The molecular formula is C30H33ClN4O4. The molecule has 8 nitrogen and oxygen atoms in total. The second-order valence-electron chi connectivity index (χ2n) is 11.1. The van der Waals surface area contributed by atoms with Gasteiger partial charge in [-0.2, -0.15) is 0 Å². The number of unbranched alkanes of at least 4 members (excludes halogenated alkanes) is 2. The molecule has 9 heteroatoms. The summed E-state index contributed by atoms with van der Waals surface area (Å²) in [4.78, 5) is 54.2. The summed E-state index contributed by atoms with van der Waals surface area (Å²) in [7, 11) is 0. The van der Waals surface area contributed by atoms with Crippen molar-refractivity contribution in [2.24, 2.45) is 0 Å². The minimum absolute atomic E-state index is 0.141. The van der Waals surface area contributed by atoms with Crippen LogP contribution in [0.3, 0.4) is 0 Å². The summed E-state index contributed by atoms with van der Waals surface area (Å²) in [6, 6.07) is 11.1. The molecule has 4 aliphatic rings. The van der Waals surface area contributed by atoms with E-state index in [0.717, 1.165) is 74.0 Å². The van der Waals surface area contributed by atoms with E-state index in [-0.39, 0.29) is 30.0 Å². The molecule has 1 unspecified atom stereocenters. The van der Waals surface area contributed by atoms with Gasteiger partial charge in [0.2, 0.25) is 17.7 Å². The molecule has 4 heterocycles. The Morgan fingerprint density at radius 1 is 1.00 bits per heavy atom. The lowest BCUT2D eigenvalue weighted by atomic mass is 9.74. The minimum Gasteiger partial charge on any atom is -0.322 e. The molecule has 0 radical (unpaired) electrons. The number of amides is 4. The van der Waals surface area contributed by atoms with Gasteiger partial charge in [0, 0.05) is 35.8 Å². The first-order chi connectivity index (χ1) is 18.9. The molecule has 0 aromatic heterocycles. The molecule has 0 saturated carbocycles. The highest BCUT2D eigenvalue weighted by Crippen LogP contribution is 2.48. The van der Waals surface area contributed by atoms with Gasteiger partial charge in [0.15, 0.2) is 0 Å². The maximum Gasteiger partial charge on any atom is 0.255 e. The third-order valence-corrected chi connectivity index (χ3v) is 9.12. The number of imide groups is 1. The lowest BCUT2D eigenvalue weighted by Crippen LogP contribution is -2.52. The van der Waals surface area contributed by atoms with Crippen molar-refractivity contribution in [2.75, 3.05) is 24.5 Å². The molecule has 0 aliphatic carbocycles. The number of carbonyl (C=O) groups is 4. The number of carbonyl (C=O) groups excluding carboxylic acids is 4. The van der Waals surface area contributed by atoms with Gasteiger partial charge < -0.3 is 15.1 Å². The van der Waals surface area contributed by atoms with Crippen LogP contribution >= 0.6 is 11.6 Å². The molecule has 1 spiro atoms. The van der Waals surface area contributed by atoms with Crippen LogP contribution in [0.15, 0.2) is 36.4 Å². The second-order valence-corrected chi connectivity index (χ2v) is 11.5. The molecule has 2 saturated heterocycles. The fraction of sp³-hybridized carbons (Fsp3) is 0.467. The molecular weight excluding hydrogens is 516 g/mol. The smallest absolute Gasteiger partial charge is 0.255 e. The Kier molecular flexibility index (Phi) is 6.93. The Morgan fingerprint density at radius 2 is 1.82 bits per heavy atom. The van der Waals surface area contributed by atoms with Crippen molar-refractivity contribution in [3.8, 4) is 0 Å². The van der Waals surface area contributed by atoms with E-state index in [2.05, 4.69) is 16.7 Å². The highest BCUT2D eigenvalue weighted by Gasteiger charge is 2.50. The lowest BCUT2D eigenvalue weighted by Gasteiger charge is -2.33. The van der Waals surface area contributed by atoms with Crippen molar-refractivity contribution >= 4 is 40.9 Å². The molecule has 6 rings (SSSR count). The van der Waals surface area contributed by atoms with Crippen LogP contribution in [0.4, 0.5) is 5.69 Å². The van der Waals surface area contributed by atoms with Crippen LogP contribution in [-0.2, 0) is 32.8 Å². The van der Waals surface area contributed by atoms with Gasteiger partial charge in [0.05, 0.1) is 5.41 Å². The third-order valence-electron chi connectivity index (χ3n) is 8.88. The Morgan fingerprint density at radius 3 is 2.62 bits per heavy atom. The van der Waals surface area contributed by atoms with Gasteiger partial charge in [-0.3, -0.25) is 24.5 Å². The Hall–Kier alpha value is -3.23.